The zero-order valence-electron chi connectivity index (χ0n) is 7.04. The second-order valence-corrected chi connectivity index (χ2v) is 3.01. The number of aliphatic carboxylic acids is 1. The van der Waals surface area contributed by atoms with E-state index in [1.165, 1.54) is 0 Å². The van der Waals surface area contributed by atoms with Crippen molar-refractivity contribution in [1.29, 1.82) is 0 Å². The molecule has 1 aliphatic heterocycles. The van der Waals surface area contributed by atoms with Gasteiger partial charge in [-0.25, -0.2) is 0 Å². The van der Waals surface area contributed by atoms with Crippen LogP contribution >= 0.6 is 0 Å². The molecule has 1 N–H and O–H groups in total. The maximum absolute atomic E-state index is 12.2. The summed E-state index contributed by atoms with van der Waals surface area (Å²) in [5.41, 5.74) is 0. The van der Waals surface area contributed by atoms with Crippen LogP contribution in [0.1, 0.15) is 12.8 Å². The van der Waals surface area contributed by atoms with Crippen molar-refractivity contribution < 1.29 is 27.9 Å². The summed E-state index contributed by atoms with van der Waals surface area (Å²) in [7, 11) is 0. The number of rotatable bonds is 2. The predicted molar refractivity (Wildman–Crippen MR) is 38.4 cm³/mol. The van der Waals surface area contributed by atoms with Crippen molar-refractivity contribution in [1.82, 2.24) is 4.90 Å². The Morgan fingerprint density at radius 1 is 1.57 bits per heavy atom. The van der Waals surface area contributed by atoms with Crippen molar-refractivity contribution in [2.24, 2.45) is 0 Å². The monoisotopic (exact) mass is 211 g/mol. The highest BCUT2D eigenvalue weighted by Gasteiger charge is 2.49. The number of carboxylic acid groups (broad SMARTS) is 1. The first-order valence-electron chi connectivity index (χ1n) is 3.90. The molecule has 4 nitrogen and oxygen atoms in total. The van der Waals surface area contributed by atoms with Gasteiger partial charge in [0.05, 0.1) is 0 Å². The van der Waals surface area contributed by atoms with E-state index in [1.807, 2.05) is 0 Å². The quantitative estimate of drug-likeness (QED) is 0.728. The second kappa shape index (κ2) is 3.47. The number of alkyl halides is 3. The third-order valence-electron chi connectivity index (χ3n) is 2.01. The highest BCUT2D eigenvalue weighted by Crippen LogP contribution is 2.32. The number of hydrogen-bond acceptors (Lipinski definition) is 2. The minimum absolute atomic E-state index is 0.239. The van der Waals surface area contributed by atoms with Crippen molar-refractivity contribution in [3.05, 3.63) is 0 Å². The summed E-state index contributed by atoms with van der Waals surface area (Å²) in [5, 5.41) is 8.31. The van der Waals surface area contributed by atoms with Gasteiger partial charge >= 0.3 is 12.1 Å². The lowest BCUT2D eigenvalue weighted by atomic mass is 10.2. The Bertz CT molecular complexity index is 263. The highest BCUT2D eigenvalue weighted by atomic mass is 19.4. The van der Waals surface area contributed by atoms with Crippen molar-refractivity contribution in [2.45, 2.75) is 25.1 Å². The summed E-state index contributed by atoms with van der Waals surface area (Å²) in [6, 6.07) is -1.94. The topological polar surface area (TPSA) is 57.6 Å². The van der Waals surface area contributed by atoms with E-state index in [-0.39, 0.29) is 12.8 Å². The molecule has 0 aromatic rings. The summed E-state index contributed by atoms with van der Waals surface area (Å²) in [6.45, 7) is -0.886. The second-order valence-electron chi connectivity index (χ2n) is 3.01. The SMILES string of the molecule is O=C(O)CN1C(=O)CC[C@H]1C(F)(F)F. The summed E-state index contributed by atoms with van der Waals surface area (Å²) >= 11 is 0. The molecule has 1 heterocycles. The molecule has 0 spiro atoms. The Labute approximate surface area is 77.3 Å². The van der Waals surface area contributed by atoms with Gasteiger partial charge in [-0.3, -0.25) is 9.59 Å². The fourth-order valence-corrected chi connectivity index (χ4v) is 1.42. The summed E-state index contributed by atoms with van der Waals surface area (Å²) in [4.78, 5) is 21.5. The maximum atomic E-state index is 12.2. The standard InChI is InChI=1S/C7H8F3NO3/c8-7(9,10)4-1-2-5(12)11(4)3-6(13)14/h4H,1-3H2,(H,13,14)/t4-/m0/s1. The Kier molecular flexibility index (Phi) is 2.68. The Morgan fingerprint density at radius 2 is 2.14 bits per heavy atom. The van der Waals surface area contributed by atoms with Gasteiger partial charge in [-0.15, -0.1) is 0 Å². The fourth-order valence-electron chi connectivity index (χ4n) is 1.42. The first kappa shape index (κ1) is 10.8. The van der Waals surface area contributed by atoms with Gasteiger partial charge in [0.25, 0.3) is 0 Å². The van der Waals surface area contributed by atoms with Crippen LogP contribution in [-0.2, 0) is 9.59 Å². The van der Waals surface area contributed by atoms with Crippen LogP contribution in [0.25, 0.3) is 0 Å². The zero-order valence-corrected chi connectivity index (χ0v) is 7.04. The molecular formula is C7H8F3NO3. The Hall–Kier alpha value is -1.27. The van der Waals surface area contributed by atoms with Crippen LogP contribution in [0.15, 0.2) is 0 Å². The van der Waals surface area contributed by atoms with Crippen LogP contribution < -0.4 is 0 Å². The van der Waals surface area contributed by atoms with E-state index in [4.69, 9.17) is 5.11 Å². The first-order chi connectivity index (χ1) is 6.32. The number of halogens is 3. The number of nitrogens with zero attached hydrogens (tertiary/aromatic N) is 1. The lowest BCUT2D eigenvalue weighted by molar-refractivity contribution is -0.182. The largest absolute Gasteiger partial charge is 0.480 e. The minimum Gasteiger partial charge on any atom is -0.480 e. The van der Waals surface area contributed by atoms with E-state index in [1.54, 1.807) is 0 Å². The van der Waals surface area contributed by atoms with E-state index in [0.29, 0.717) is 4.90 Å². The number of carboxylic acids is 1. The van der Waals surface area contributed by atoms with Crippen LogP contribution in [0.3, 0.4) is 0 Å². The lowest BCUT2D eigenvalue weighted by Crippen LogP contribution is -2.45. The van der Waals surface area contributed by atoms with Crippen molar-refractivity contribution in [3.8, 4) is 0 Å². The van der Waals surface area contributed by atoms with Crippen LogP contribution in [0, 0.1) is 0 Å². The van der Waals surface area contributed by atoms with Gasteiger partial charge in [0.15, 0.2) is 0 Å². The maximum Gasteiger partial charge on any atom is 0.408 e. The van der Waals surface area contributed by atoms with E-state index in [2.05, 4.69) is 0 Å². The third kappa shape index (κ3) is 2.15. The van der Waals surface area contributed by atoms with Crippen LogP contribution in [0.2, 0.25) is 0 Å². The molecule has 1 atom stereocenters. The van der Waals surface area contributed by atoms with Gasteiger partial charge in [0.2, 0.25) is 5.91 Å². The van der Waals surface area contributed by atoms with Crippen molar-refractivity contribution in [2.75, 3.05) is 6.54 Å². The molecule has 0 saturated carbocycles. The molecule has 80 valence electrons. The van der Waals surface area contributed by atoms with Gasteiger partial charge in [-0.1, -0.05) is 0 Å². The van der Waals surface area contributed by atoms with Crippen LogP contribution in [0.5, 0.6) is 0 Å². The molecule has 0 bridgehead atoms. The predicted octanol–water partition coefficient (Wildman–Crippen LogP) is 0.624. The Morgan fingerprint density at radius 3 is 2.57 bits per heavy atom. The molecule has 1 rings (SSSR count). The van der Waals surface area contributed by atoms with E-state index < -0.39 is 30.6 Å². The minimum atomic E-state index is -4.54. The molecule has 0 aliphatic carbocycles. The molecule has 7 heteroatoms. The van der Waals surface area contributed by atoms with E-state index in [0.717, 1.165) is 0 Å². The molecule has 0 unspecified atom stereocenters. The third-order valence-corrected chi connectivity index (χ3v) is 2.01. The molecule has 1 saturated heterocycles. The molecule has 0 aromatic carbocycles. The number of carbonyl (C=O) groups is 2. The van der Waals surface area contributed by atoms with Gasteiger partial charge in [-0.05, 0) is 6.42 Å². The van der Waals surface area contributed by atoms with Crippen molar-refractivity contribution in [3.63, 3.8) is 0 Å². The molecule has 0 radical (unpaired) electrons. The Balaban J connectivity index is 2.77. The van der Waals surface area contributed by atoms with Crippen LogP contribution in [0.4, 0.5) is 13.2 Å². The highest BCUT2D eigenvalue weighted by molar-refractivity contribution is 5.83. The van der Waals surface area contributed by atoms with Crippen LogP contribution in [-0.4, -0.2) is 40.6 Å². The fraction of sp³-hybridized carbons (Fsp3) is 0.714. The lowest BCUT2D eigenvalue weighted by Gasteiger charge is -2.24. The van der Waals surface area contributed by atoms with Crippen molar-refractivity contribution >= 4 is 11.9 Å². The number of hydrogen-bond donors (Lipinski definition) is 1. The van der Waals surface area contributed by atoms with Gasteiger partial charge < -0.3 is 10.0 Å². The number of carbonyl (C=O) groups excluding carboxylic acids is 1. The molecule has 14 heavy (non-hydrogen) atoms. The summed E-state index contributed by atoms with van der Waals surface area (Å²) in [6.07, 6.45) is -5.13. The first-order valence-corrected chi connectivity index (χ1v) is 3.90. The summed E-state index contributed by atoms with van der Waals surface area (Å²) < 4.78 is 36.7. The molecule has 1 amide bonds. The molecular weight excluding hydrogens is 203 g/mol. The van der Waals surface area contributed by atoms with Gasteiger partial charge in [0, 0.05) is 6.42 Å². The molecule has 0 aromatic heterocycles. The smallest absolute Gasteiger partial charge is 0.408 e. The normalized spacial score (nSPS) is 22.9. The zero-order chi connectivity index (χ0) is 10.9. The van der Waals surface area contributed by atoms with E-state index >= 15 is 0 Å². The average molecular weight is 211 g/mol. The van der Waals surface area contributed by atoms with Gasteiger partial charge in [-0.2, -0.15) is 13.2 Å². The summed E-state index contributed by atoms with van der Waals surface area (Å²) in [5.74, 6) is -2.19. The average Bonchev–Trinajstić information content (AvgIpc) is 2.30. The number of amides is 1. The number of likely N-dealkylation sites (tertiary alicyclic amines) is 1. The molecule has 1 fully saturated rings. The van der Waals surface area contributed by atoms with E-state index in [9.17, 15) is 22.8 Å². The van der Waals surface area contributed by atoms with Gasteiger partial charge in [0.1, 0.15) is 12.6 Å². The molecule has 1 aliphatic rings.